The summed E-state index contributed by atoms with van der Waals surface area (Å²) in [6.45, 7) is 11.5. The van der Waals surface area contributed by atoms with Gasteiger partial charge in [0.1, 0.15) is 0 Å². The predicted molar refractivity (Wildman–Crippen MR) is 87.4 cm³/mol. The van der Waals surface area contributed by atoms with Gasteiger partial charge in [-0.2, -0.15) is 0 Å². The summed E-state index contributed by atoms with van der Waals surface area (Å²) in [6, 6.07) is 6.55. The summed E-state index contributed by atoms with van der Waals surface area (Å²) < 4.78 is 4.92. The van der Waals surface area contributed by atoms with E-state index in [1.165, 1.54) is 30.0 Å². The van der Waals surface area contributed by atoms with Gasteiger partial charge in [-0.05, 0) is 53.4 Å². The number of esters is 1. The SMILES string of the molecule is CCOC(=O)/C=C/c1ccc2c(c1)C(C)(C)CCC2(C)C. The van der Waals surface area contributed by atoms with Gasteiger partial charge in [-0.15, -0.1) is 0 Å². The molecule has 0 saturated heterocycles. The third-order valence-electron chi connectivity index (χ3n) is 4.58. The first-order chi connectivity index (χ1) is 9.76. The molecular weight excluding hydrogens is 260 g/mol. The van der Waals surface area contributed by atoms with Crippen molar-refractivity contribution in [2.45, 2.75) is 58.3 Å². The highest BCUT2D eigenvalue weighted by atomic mass is 16.5. The van der Waals surface area contributed by atoms with Crippen LogP contribution in [0.25, 0.3) is 6.08 Å². The smallest absolute Gasteiger partial charge is 0.330 e. The fourth-order valence-corrected chi connectivity index (χ4v) is 3.06. The van der Waals surface area contributed by atoms with Gasteiger partial charge in [-0.25, -0.2) is 4.79 Å². The van der Waals surface area contributed by atoms with Gasteiger partial charge in [0, 0.05) is 6.08 Å². The third kappa shape index (κ3) is 3.37. The molecule has 114 valence electrons. The van der Waals surface area contributed by atoms with Crippen molar-refractivity contribution in [3.63, 3.8) is 0 Å². The van der Waals surface area contributed by atoms with Gasteiger partial charge in [0.05, 0.1) is 6.61 Å². The molecule has 0 spiro atoms. The number of ether oxygens (including phenoxy) is 1. The molecular formula is C19H26O2. The van der Waals surface area contributed by atoms with Crippen LogP contribution in [0.3, 0.4) is 0 Å². The van der Waals surface area contributed by atoms with Crippen molar-refractivity contribution in [2.75, 3.05) is 6.61 Å². The summed E-state index contributed by atoms with van der Waals surface area (Å²) >= 11 is 0. The van der Waals surface area contributed by atoms with E-state index in [2.05, 4.69) is 45.9 Å². The largest absolute Gasteiger partial charge is 0.463 e. The maximum absolute atomic E-state index is 11.4. The van der Waals surface area contributed by atoms with Gasteiger partial charge in [0.25, 0.3) is 0 Å². The molecule has 0 N–H and O–H groups in total. The van der Waals surface area contributed by atoms with E-state index in [9.17, 15) is 4.79 Å². The Morgan fingerprint density at radius 2 is 1.76 bits per heavy atom. The second kappa shape index (κ2) is 5.67. The van der Waals surface area contributed by atoms with Crippen molar-refractivity contribution in [1.82, 2.24) is 0 Å². The molecule has 1 aromatic rings. The van der Waals surface area contributed by atoms with Crippen LogP contribution >= 0.6 is 0 Å². The number of carbonyl (C=O) groups is 1. The van der Waals surface area contributed by atoms with Crippen molar-refractivity contribution in [3.8, 4) is 0 Å². The van der Waals surface area contributed by atoms with Crippen LogP contribution in [0.4, 0.5) is 0 Å². The highest BCUT2D eigenvalue weighted by Crippen LogP contribution is 2.45. The summed E-state index contributed by atoms with van der Waals surface area (Å²) in [7, 11) is 0. The molecule has 0 radical (unpaired) electrons. The molecule has 2 heteroatoms. The van der Waals surface area contributed by atoms with Gasteiger partial charge >= 0.3 is 5.97 Å². The van der Waals surface area contributed by atoms with Crippen molar-refractivity contribution in [1.29, 1.82) is 0 Å². The predicted octanol–water partition coefficient (Wildman–Crippen LogP) is 4.61. The third-order valence-corrected chi connectivity index (χ3v) is 4.58. The minimum absolute atomic E-state index is 0.193. The van der Waals surface area contributed by atoms with Crippen LogP contribution in [0.1, 0.15) is 64.2 Å². The summed E-state index contributed by atoms with van der Waals surface area (Å²) in [5.74, 6) is -0.283. The Morgan fingerprint density at radius 3 is 2.38 bits per heavy atom. The highest BCUT2D eigenvalue weighted by Gasteiger charge is 2.36. The highest BCUT2D eigenvalue weighted by molar-refractivity contribution is 5.87. The number of benzene rings is 1. The maximum Gasteiger partial charge on any atom is 0.330 e. The van der Waals surface area contributed by atoms with Crippen LogP contribution in [-0.2, 0) is 20.4 Å². The fourth-order valence-electron chi connectivity index (χ4n) is 3.06. The van der Waals surface area contributed by atoms with E-state index >= 15 is 0 Å². The van der Waals surface area contributed by atoms with E-state index in [1.54, 1.807) is 0 Å². The zero-order valence-electron chi connectivity index (χ0n) is 13.8. The molecule has 2 rings (SSSR count). The standard InChI is InChI=1S/C19H26O2/c1-6-21-17(20)10-8-14-7-9-15-16(13-14)19(4,5)12-11-18(15,2)3/h7-10,13H,6,11-12H2,1-5H3/b10-8+. The fraction of sp³-hybridized carbons (Fsp3) is 0.526. The van der Waals surface area contributed by atoms with Gasteiger partial charge in [0.15, 0.2) is 0 Å². The first-order valence-corrected chi connectivity index (χ1v) is 7.76. The molecule has 0 atom stereocenters. The lowest BCUT2D eigenvalue weighted by molar-refractivity contribution is -0.137. The Bertz CT molecular complexity index is 565. The zero-order valence-corrected chi connectivity index (χ0v) is 13.8. The van der Waals surface area contributed by atoms with Crippen molar-refractivity contribution < 1.29 is 9.53 Å². The number of fused-ring (bicyclic) bond motifs is 1. The first-order valence-electron chi connectivity index (χ1n) is 7.76. The van der Waals surface area contributed by atoms with E-state index in [0.717, 1.165) is 5.56 Å². The van der Waals surface area contributed by atoms with Gasteiger partial charge in [-0.1, -0.05) is 45.9 Å². The lowest BCUT2D eigenvalue weighted by Crippen LogP contribution is -2.33. The topological polar surface area (TPSA) is 26.3 Å². The Kier molecular flexibility index (Phi) is 4.27. The van der Waals surface area contributed by atoms with Crippen LogP contribution in [0.15, 0.2) is 24.3 Å². The number of rotatable bonds is 3. The molecule has 0 fully saturated rings. The normalized spacial score (nSPS) is 19.3. The van der Waals surface area contributed by atoms with E-state index in [0.29, 0.717) is 6.61 Å². The van der Waals surface area contributed by atoms with Crippen molar-refractivity contribution in [3.05, 3.63) is 41.0 Å². The molecule has 0 bridgehead atoms. The second-order valence-electron chi connectivity index (χ2n) is 7.16. The quantitative estimate of drug-likeness (QED) is 0.599. The molecule has 0 amide bonds. The molecule has 0 heterocycles. The molecule has 21 heavy (non-hydrogen) atoms. The first kappa shape index (κ1) is 15.8. The summed E-state index contributed by atoms with van der Waals surface area (Å²) in [5.41, 5.74) is 4.33. The van der Waals surface area contributed by atoms with Crippen molar-refractivity contribution >= 4 is 12.0 Å². The molecule has 1 aliphatic rings. The summed E-state index contributed by atoms with van der Waals surface area (Å²) in [5, 5.41) is 0. The van der Waals surface area contributed by atoms with Gasteiger partial charge in [-0.3, -0.25) is 0 Å². The van der Waals surface area contributed by atoms with Crippen LogP contribution in [0.2, 0.25) is 0 Å². The zero-order chi connectivity index (χ0) is 15.7. The number of hydrogen-bond donors (Lipinski definition) is 0. The van der Waals surface area contributed by atoms with Crippen LogP contribution in [0.5, 0.6) is 0 Å². The van der Waals surface area contributed by atoms with Crippen LogP contribution in [-0.4, -0.2) is 12.6 Å². The van der Waals surface area contributed by atoms with E-state index in [-0.39, 0.29) is 16.8 Å². The van der Waals surface area contributed by atoms with E-state index in [1.807, 2.05) is 13.0 Å². The maximum atomic E-state index is 11.4. The van der Waals surface area contributed by atoms with Gasteiger partial charge < -0.3 is 4.74 Å². The van der Waals surface area contributed by atoms with Crippen LogP contribution < -0.4 is 0 Å². The van der Waals surface area contributed by atoms with E-state index < -0.39 is 0 Å². The molecule has 0 saturated carbocycles. The molecule has 0 aromatic heterocycles. The Balaban J connectivity index is 2.35. The Labute approximate surface area is 128 Å². The molecule has 1 aromatic carbocycles. The summed E-state index contributed by atoms with van der Waals surface area (Å²) in [6.07, 6.45) is 5.76. The minimum atomic E-state index is -0.283. The Morgan fingerprint density at radius 1 is 1.14 bits per heavy atom. The average Bonchev–Trinajstić information content (AvgIpc) is 2.42. The van der Waals surface area contributed by atoms with Crippen LogP contribution in [0, 0.1) is 0 Å². The monoisotopic (exact) mass is 286 g/mol. The van der Waals surface area contributed by atoms with E-state index in [4.69, 9.17) is 4.74 Å². The molecule has 1 aliphatic carbocycles. The minimum Gasteiger partial charge on any atom is -0.463 e. The average molecular weight is 286 g/mol. The number of hydrogen-bond acceptors (Lipinski definition) is 2. The Hall–Kier alpha value is -1.57. The number of carbonyl (C=O) groups excluding carboxylic acids is 1. The molecule has 2 nitrogen and oxygen atoms in total. The summed E-state index contributed by atoms with van der Waals surface area (Å²) in [4.78, 5) is 11.4. The second-order valence-corrected chi connectivity index (χ2v) is 7.16. The molecule has 0 aliphatic heterocycles. The molecule has 0 unspecified atom stereocenters. The lowest BCUT2D eigenvalue weighted by atomic mass is 9.63. The van der Waals surface area contributed by atoms with Gasteiger partial charge in [0.2, 0.25) is 0 Å². The lowest BCUT2D eigenvalue weighted by Gasteiger charge is -2.42. The van der Waals surface area contributed by atoms with Crippen molar-refractivity contribution in [2.24, 2.45) is 0 Å².